The highest BCUT2D eigenvalue weighted by atomic mass is 127. The molecule has 0 saturated heterocycles. The number of nitrogens with zero attached hydrogens (tertiary/aromatic N) is 1. The molecule has 7 heteroatoms. The topological polar surface area (TPSA) is 82.0 Å². The molecule has 88 valence electrons. The molecule has 5 nitrogen and oxygen atoms in total. The summed E-state index contributed by atoms with van der Waals surface area (Å²) in [6.45, 7) is -0.204. The molecule has 2 amide bonds. The third-order valence-electron chi connectivity index (χ3n) is 1.71. The van der Waals surface area contributed by atoms with E-state index in [9.17, 15) is 9.59 Å². The average molecular weight is 364 g/mol. The second kappa shape index (κ2) is 6.42. The molecular formula is C10H7ClIN3O2. The van der Waals surface area contributed by atoms with Crippen LogP contribution in [0.1, 0.15) is 0 Å². The molecule has 2 N–H and O–H groups in total. The van der Waals surface area contributed by atoms with E-state index in [1.54, 1.807) is 24.3 Å². The highest BCUT2D eigenvalue weighted by molar-refractivity contribution is 14.1. The first-order chi connectivity index (χ1) is 8.04. The zero-order valence-electron chi connectivity index (χ0n) is 8.46. The molecule has 0 saturated carbocycles. The van der Waals surface area contributed by atoms with E-state index in [0.717, 1.165) is 3.57 Å². The standard InChI is InChI=1S/C10H7ClIN3O2/c11-6-1-2-8(7(12)5-6)15-10(17)9(16)14-4-3-13/h1-2,5H,4H2,(H,14,16)(H,15,17). The van der Waals surface area contributed by atoms with Crippen LogP contribution in [-0.4, -0.2) is 18.4 Å². The smallest absolute Gasteiger partial charge is 0.313 e. The number of amides is 2. The number of carbonyl (C=O) groups is 2. The van der Waals surface area contributed by atoms with Crippen molar-refractivity contribution in [3.8, 4) is 6.07 Å². The number of halogens is 2. The maximum absolute atomic E-state index is 11.4. The van der Waals surface area contributed by atoms with Crippen LogP contribution in [0.3, 0.4) is 0 Å². The fourth-order valence-electron chi connectivity index (χ4n) is 0.970. The van der Waals surface area contributed by atoms with Crippen molar-refractivity contribution in [2.24, 2.45) is 0 Å². The lowest BCUT2D eigenvalue weighted by Crippen LogP contribution is -2.35. The fourth-order valence-corrected chi connectivity index (χ4v) is 1.98. The molecule has 17 heavy (non-hydrogen) atoms. The summed E-state index contributed by atoms with van der Waals surface area (Å²) in [5.74, 6) is -1.67. The second-order valence-corrected chi connectivity index (χ2v) is 4.52. The fraction of sp³-hybridized carbons (Fsp3) is 0.100. The summed E-state index contributed by atoms with van der Waals surface area (Å²) in [5, 5.41) is 13.4. The highest BCUT2D eigenvalue weighted by Crippen LogP contribution is 2.22. The van der Waals surface area contributed by atoms with Gasteiger partial charge in [0.2, 0.25) is 0 Å². The van der Waals surface area contributed by atoms with Crippen molar-refractivity contribution >= 4 is 51.7 Å². The summed E-state index contributed by atoms with van der Waals surface area (Å²) < 4.78 is 0.719. The largest absolute Gasteiger partial charge is 0.335 e. The van der Waals surface area contributed by atoms with Gasteiger partial charge in [0.05, 0.1) is 11.8 Å². The summed E-state index contributed by atoms with van der Waals surface area (Å²) >= 11 is 7.74. The van der Waals surface area contributed by atoms with Crippen LogP contribution < -0.4 is 10.6 Å². The Morgan fingerprint density at radius 1 is 1.41 bits per heavy atom. The number of hydrogen-bond acceptors (Lipinski definition) is 3. The van der Waals surface area contributed by atoms with Crippen LogP contribution in [0.2, 0.25) is 5.02 Å². The van der Waals surface area contributed by atoms with Gasteiger partial charge in [-0.25, -0.2) is 0 Å². The van der Waals surface area contributed by atoms with Crippen LogP contribution in [0, 0.1) is 14.9 Å². The summed E-state index contributed by atoms with van der Waals surface area (Å²) in [4.78, 5) is 22.6. The van der Waals surface area contributed by atoms with Crippen LogP contribution >= 0.6 is 34.2 Å². The average Bonchev–Trinajstić information content (AvgIpc) is 2.29. The minimum atomic E-state index is -0.850. The van der Waals surface area contributed by atoms with Gasteiger partial charge >= 0.3 is 11.8 Å². The molecule has 0 unspecified atom stereocenters. The Bertz CT molecular complexity index is 499. The molecule has 0 spiro atoms. The van der Waals surface area contributed by atoms with Gasteiger partial charge < -0.3 is 10.6 Å². The van der Waals surface area contributed by atoms with Crippen molar-refractivity contribution < 1.29 is 9.59 Å². The highest BCUT2D eigenvalue weighted by Gasteiger charge is 2.14. The monoisotopic (exact) mass is 363 g/mol. The molecule has 0 fully saturated rings. The molecule has 0 atom stereocenters. The van der Waals surface area contributed by atoms with Crippen molar-refractivity contribution in [1.82, 2.24) is 5.32 Å². The number of nitriles is 1. The quantitative estimate of drug-likeness (QED) is 0.475. The van der Waals surface area contributed by atoms with E-state index in [-0.39, 0.29) is 6.54 Å². The van der Waals surface area contributed by atoms with Gasteiger partial charge in [-0.2, -0.15) is 5.26 Å². The van der Waals surface area contributed by atoms with Crippen molar-refractivity contribution in [2.75, 3.05) is 11.9 Å². The Morgan fingerprint density at radius 3 is 2.71 bits per heavy atom. The second-order valence-electron chi connectivity index (χ2n) is 2.92. The minimum Gasteiger partial charge on any atom is -0.335 e. The minimum absolute atomic E-state index is 0.204. The van der Waals surface area contributed by atoms with Gasteiger partial charge in [-0.3, -0.25) is 9.59 Å². The molecule has 1 rings (SSSR count). The third kappa shape index (κ3) is 4.20. The van der Waals surface area contributed by atoms with E-state index >= 15 is 0 Å². The zero-order chi connectivity index (χ0) is 12.8. The molecule has 0 aromatic heterocycles. The van der Waals surface area contributed by atoms with E-state index in [1.165, 1.54) is 0 Å². The van der Waals surface area contributed by atoms with Crippen LogP contribution in [0.15, 0.2) is 18.2 Å². The van der Waals surface area contributed by atoms with Gasteiger partial charge in [0.25, 0.3) is 0 Å². The van der Waals surface area contributed by atoms with Crippen molar-refractivity contribution in [1.29, 1.82) is 5.26 Å². The molecule has 1 aromatic carbocycles. The first-order valence-corrected chi connectivity index (χ1v) is 5.91. The van der Waals surface area contributed by atoms with Gasteiger partial charge in [-0.15, -0.1) is 0 Å². The summed E-state index contributed by atoms with van der Waals surface area (Å²) in [7, 11) is 0. The number of benzene rings is 1. The van der Waals surface area contributed by atoms with E-state index in [0.29, 0.717) is 10.7 Å². The number of anilines is 1. The lowest BCUT2D eigenvalue weighted by Gasteiger charge is -2.06. The van der Waals surface area contributed by atoms with Gasteiger partial charge in [0.15, 0.2) is 0 Å². The Kier molecular flexibility index (Phi) is 5.18. The van der Waals surface area contributed by atoms with Crippen molar-refractivity contribution in [3.63, 3.8) is 0 Å². The molecule has 1 aromatic rings. The first kappa shape index (κ1) is 13.7. The summed E-state index contributed by atoms with van der Waals surface area (Å²) in [5.41, 5.74) is 0.493. The maximum atomic E-state index is 11.4. The number of carbonyl (C=O) groups excluding carboxylic acids is 2. The lowest BCUT2D eigenvalue weighted by atomic mass is 10.3. The van der Waals surface area contributed by atoms with Crippen LogP contribution in [0.5, 0.6) is 0 Å². The molecule has 0 radical (unpaired) electrons. The number of nitrogens with one attached hydrogen (secondary N) is 2. The van der Waals surface area contributed by atoms with Crippen LogP contribution in [-0.2, 0) is 9.59 Å². The SMILES string of the molecule is N#CCNC(=O)C(=O)Nc1ccc(Cl)cc1I. The van der Waals surface area contributed by atoms with Crippen molar-refractivity contribution in [2.45, 2.75) is 0 Å². The van der Waals surface area contributed by atoms with E-state index < -0.39 is 11.8 Å². The van der Waals surface area contributed by atoms with E-state index in [4.69, 9.17) is 16.9 Å². The van der Waals surface area contributed by atoms with Gasteiger partial charge in [-0.1, -0.05) is 11.6 Å². The Balaban J connectivity index is 2.68. The predicted molar refractivity (Wildman–Crippen MR) is 71.4 cm³/mol. The zero-order valence-corrected chi connectivity index (χ0v) is 11.4. The molecule has 0 aliphatic heterocycles. The molecule has 0 bridgehead atoms. The summed E-state index contributed by atoms with van der Waals surface area (Å²) in [6, 6.07) is 6.56. The predicted octanol–water partition coefficient (Wildman–Crippen LogP) is 1.52. The Morgan fingerprint density at radius 2 is 2.12 bits per heavy atom. The van der Waals surface area contributed by atoms with Gasteiger partial charge in [0.1, 0.15) is 6.54 Å². The van der Waals surface area contributed by atoms with Gasteiger partial charge in [-0.05, 0) is 40.8 Å². The van der Waals surface area contributed by atoms with E-state index in [1.807, 2.05) is 22.6 Å². The maximum Gasteiger partial charge on any atom is 0.313 e. The number of hydrogen-bond donors (Lipinski definition) is 2. The van der Waals surface area contributed by atoms with Crippen LogP contribution in [0.4, 0.5) is 5.69 Å². The van der Waals surface area contributed by atoms with Crippen molar-refractivity contribution in [3.05, 3.63) is 26.8 Å². The third-order valence-corrected chi connectivity index (χ3v) is 2.84. The van der Waals surface area contributed by atoms with Crippen LogP contribution in [0.25, 0.3) is 0 Å². The Hall–Kier alpha value is -1.33. The number of rotatable bonds is 2. The molecule has 0 heterocycles. The van der Waals surface area contributed by atoms with Gasteiger partial charge in [0, 0.05) is 8.59 Å². The molecule has 0 aliphatic rings. The molecule has 0 aliphatic carbocycles. The summed E-state index contributed by atoms with van der Waals surface area (Å²) in [6.07, 6.45) is 0. The van der Waals surface area contributed by atoms with E-state index in [2.05, 4.69) is 10.6 Å². The lowest BCUT2D eigenvalue weighted by molar-refractivity contribution is -0.136. The molecular weight excluding hydrogens is 356 g/mol. The normalized spacial score (nSPS) is 9.24. The first-order valence-electron chi connectivity index (χ1n) is 4.45. The Labute approximate surface area is 116 Å².